The van der Waals surface area contributed by atoms with Gasteiger partial charge in [-0.1, -0.05) is 41.5 Å². The second-order valence-corrected chi connectivity index (χ2v) is 13.5. The number of hydrogen-bond acceptors (Lipinski definition) is 15. The summed E-state index contributed by atoms with van der Waals surface area (Å²) in [6, 6.07) is -1.02. The molecule has 0 saturated heterocycles. The summed E-state index contributed by atoms with van der Waals surface area (Å²) < 4.78 is 0. The molecule has 0 saturated carbocycles. The molecule has 0 amide bonds. The number of nitrogens with one attached hydrogen (secondary N) is 3. The molecule has 0 bridgehead atoms. The topological polar surface area (TPSA) is 208 Å². The number of carbonyl (C=O) groups is 6. The van der Waals surface area contributed by atoms with E-state index in [1.165, 1.54) is 0 Å². The molecule has 0 aliphatic rings. The quantitative estimate of drug-likeness (QED) is 0.0532. The Morgan fingerprint density at radius 2 is 0.696 bits per heavy atom. The number of rotatable bonds is 27. The first kappa shape index (κ1) is 51.7. The zero-order chi connectivity index (χ0) is 35.0. The predicted octanol–water partition coefficient (Wildman–Crippen LogP) is -0.930. The van der Waals surface area contributed by atoms with Crippen LogP contribution in [0.3, 0.4) is 0 Å². The number of carboxylic acid groups (broad SMARTS) is 3. The van der Waals surface area contributed by atoms with Crippen LogP contribution in [0.2, 0.25) is 0 Å². The Morgan fingerprint density at radius 1 is 0.478 bits per heavy atom. The normalized spacial score (nSPS) is 12.1. The van der Waals surface area contributed by atoms with Gasteiger partial charge in [-0.3, -0.25) is 14.4 Å². The van der Waals surface area contributed by atoms with Crippen molar-refractivity contribution >= 4 is 87.9 Å². The van der Waals surface area contributed by atoms with Gasteiger partial charge in [0.25, 0.3) is 0 Å². The minimum Gasteiger partial charge on any atom is -0.550 e. The Morgan fingerprint density at radius 3 is 0.848 bits per heavy atom. The van der Waals surface area contributed by atoms with E-state index in [2.05, 4.69) is 36.7 Å². The monoisotopic (exact) mass is 723 g/mol. The average Bonchev–Trinajstić information content (AvgIpc) is 2.95. The van der Waals surface area contributed by atoms with E-state index in [1.807, 2.05) is 20.8 Å². The van der Waals surface area contributed by atoms with E-state index < -0.39 is 37.2 Å². The summed E-state index contributed by atoms with van der Waals surface area (Å²) in [6.07, 6.45) is 0.562. The summed E-state index contributed by atoms with van der Waals surface area (Å²) in [7, 11) is 0. The number of thioether (sulfide) groups is 3. The van der Waals surface area contributed by atoms with Crippen LogP contribution < -0.4 is 31.3 Å². The van der Waals surface area contributed by atoms with Gasteiger partial charge in [-0.15, -0.1) is 0 Å². The molecular weight excluding hydrogens is 670 g/mol. The molecule has 0 aromatic rings. The van der Waals surface area contributed by atoms with Crippen LogP contribution in [-0.4, -0.2) is 125 Å². The number of likely N-dealkylation sites (N-methyl/N-ethyl adjacent to an activating group) is 3. The SMILES string of the molecule is CCN[C@@H](CCSCC)C(=O)CC(=O)[O-].CCN[C@@H](CCSCC)C(=O)CC(=O)[O-].CCN[C@@H](CCSCC)C(=O)CC(=O)[O-].[Al+3]. The van der Waals surface area contributed by atoms with E-state index in [1.54, 1.807) is 35.3 Å². The minimum absolute atomic E-state index is 0. The van der Waals surface area contributed by atoms with Crippen LogP contribution in [0.5, 0.6) is 0 Å². The van der Waals surface area contributed by atoms with Gasteiger partial charge < -0.3 is 45.7 Å². The molecular formula is C30H54AlN3O9S3. The summed E-state index contributed by atoms with van der Waals surface area (Å²) in [6.45, 7) is 13.8. The number of ketones is 3. The molecule has 0 spiro atoms. The first-order valence-electron chi connectivity index (χ1n) is 15.5. The third-order valence-corrected chi connectivity index (χ3v) is 8.54. The van der Waals surface area contributed by atoms with Crippen molar-refractivity contribution in [3.63, 3.8) is 0 Å². The molecule has 0 unspecified atom stereocenters. The molecule has 0 fully saturated rings. The minimum atomic E-state index is -1.30. The first-order valence-corrected chi connectivity index (χ1v) is 18.9. The van der Waals surface area contributed by atoms with Crippen LogP contribution in [0.1, 0.15) is 80.1 Å². The maximum atomic E-state index is 11.4. The number of carboxylic acids is 3. The summed E-state index contributed by atoms with van der Waals surface area (Å²) in [5.74, 6) is 0.875. The second-order valence-electron chi connectivity index (χ2n) is 9.33. The van der Waals surface area contributed by atoms with Crippen LogP contribution >= 0.6 is 35.3 Å². The zero-order valence-corrected chi connectivity index (χ0v) is 31.9. The van der Waals surface area contributed by atoms with Gasteiger partial charge in [0, 0.05) is 37.2 Å². The van der Waals surface area contributed by atoms with Crippen molar-refractivity contribution < 1.29 is 44.1 Å². The van der Waals surface area contributed by atoms with Crippen molar-refractivity contribution in [2.75, 3.05) is 54.2 Å². The Balaban J connectivity index is -0.000000285. The number of carbonyl (C=O) groups excluding carboxylic acids is 6. The average molecular weight is 724 g/mol. The van der Waals surface area contributed by atoms with Crippen molar-refractivity contribution in [2.24, 2.45) is 0 Å². The van der Waals surface area contributed by atoms with Gasteiger partial charge >= 0.3 is 17.4 Å². The Bertz CT molecular complexity index is 738. The van der Waals surface area contributed by atoms with Crippen molar-refractivity contribution in [1.82, 2.24) is 16.0 Å². The Labute approximate surface area is 299 Å². The summed E-state index contributed by atoms with van der Waals surface area (Å²) in [5.41, 5.74) is 0. The molecule has 264 valence electrons. The zero-order valence-electron chi connectivity index (χ0n) is 28.3. The molecule has 0 heterocycles. The number of aliphatic carboxylic acids is 3. The second kappa shape index (κ2) is 36.7. The molecule has 0 aromatic carbocycles. The van der Waals surface area contributed by atoms with Crippen molar-refractivity contribution in [1.29, 1.82) is 0 Å². The van der Waals surface area contributed by atoms with Gasteiger partial charge in [-0.2, -0.15) is 35.3 Å². The van der Waals surface area contributed by atoms with Crippen LogP contribution in [-0.2, 0) is 28.8 Å². The standard InChI is InChI=1S/3C10H19NO3S.Al/c3*1-3-11-8(5-6-15-4-2)9(12)7-10(13)14;/h3*8,11H,3-7H2,1-2H3,(H,13,14);/q;;;+3/p-3/t3*8-;/m000./s1. The molecule has 0 rings (SSSR count). The molecule has 3 N–H and O–H groups in total. The van der Waals surface area contributed by atoms with Gasteiger partial charge in [-0.25, -0.2) is 0 Å². The molecule has 12 nitrogen and oxygen atoms in total. The molecule has 46 heavy (non-hydrogen) atoms. The Kier molecular flexibility index (Phi) is 41.3. The van der Waals surface area contributed by atoms with Crippen molar-refractivity contribution in [3.8, 4) is 0 Å². The van der Waals surface area contributed by atoms with Gasteiger partial charge in [0.05, 0.1) is 18.1 Å². The van der Waals surface area contributed by atoms with Crippen LogP contribution in [0.25, 0.3) is 0 Å². The van der Waals surface area contributed by atoms with Crippen LogP contribution in [0, 0.1) is 0 Å². The third-order valence-electron chi connectivity index (χ3n) is 5.74. The summed E-state index contributed by atoms with van der Waals surface area (Å²) in [5, 5.41) is 39.8. The molecule has 0 radical (unpaired) electrons. The smallest absolute Gasteiger partial charge is 0.550 e. The third kappa shape index (κ3) is 34.2. The Hall–Kier alpha value is -1.12. The van der Waals surface area contributed by atoms with Gasteiger partial charge in [0.15, 0.2) is 17.3 Å². The molecule has 3 atom stereocenters. The van der Waals surface area contributed by atoms with Crippen molar-refractivity contribution in [3.05, 3.63) is 0 Å². The van der Waals surface area contributed by atoms with Gasteiger partial charge in [0.2, 0.25) is 0 Å². The molecule has 0 aromatic heterocycles. The fourth-order valence-corrected chi connectivity index (χ4v) is 5.78. The fourth-order valence-electron chi connectivity index (χ4n) is 3.70. The number of hydrogen-bond donors (Lipinski definition) is 3. The fraction of sp³-hybridized carbons (Fsp3) is 0.800. The maximum absolute atomic E-state index is 11.4. The number of Topliss-reactive ketones (excluding diaryl/α,β-unsaturated/α-hetero) is 3. The predicted molar refractivity (Wildman–Crippen MR) is 185 cm³/mol. The van der Waals surface area contributed by atoms with E-state index in [0.717, 1.165) is 34.5 Å². The molecule has 0 aliphatic heterocycles. The van der Waals surface area contributed by atoms with E-state index >= 15 is 0 Å². The van der Waals surface area contributed by atoms with E-state index in [9.17, 15) is 44.1 Å². The summed E-state index contributed by atoms with van der Waals surface area (Å²) in [4.78, 5) is 65.2. The van der Waals surface area contributed by atoms with E-state index in [-0.39, 0.29) is 52.8 Å². The largest absolute Gasteiger partial charge is 3.00 e. The van der Waals surface area contributed by atoms with E-state index in [0.29, 0.717) is 38.9 Å². The van der Waals surface area contributed by atoms with Gasteiger partial charge in [-0.05, 0) is 73.4 Å². The van der Waals surface area contributed by atoms with Crippen LogP contribution in [0.4, 0.5) is 0 Å². The molecule has 0 aliphatic carbocycles. The maximum Gasteiger partial charge on any atom is 3.00 e. The van der Waals surface area contributed by atoms with Crippen molar-refractivity contribution in [2.45, 2.75) is 98.2 Å². The first-order chi connectivity index (χ1) is 21.3. The van der Waals surface area contributed by atoms with Gasteiger partial charge in [0.1, 0.15) is 0 Å². The van der Waals surface area contributed by atoms with E-state index in [4.69, 9.17) is 0 Å². The summed E-state index contributed by atoms with van der Waals surface area (Å²) >= 11 is 5.23. The van der Waals surface area contributed by atoms with Crippen LogP contribution in [0.15, 0.2) is 0 Å². The molecule has 16 heteroatoms.